The monoisotopic (exact) mass is 399 g/mol. The van der Waals surface area contributed by atoms with Crippen molar-refractivity contribution < 1.29 is 19.0 Å². The first-order valence-electron chi connectivity index (χ1n) is 8.54. The molecule has 1 amide bonds. The highest BCUT2D eigenvalue weighted by Crippen LogP contribution is 2.38. The minimum Gasteiger partial charge on any atom is -0.493 e. The summed E-state index contributed by atoms with van der Waals surface area (Å²) in [5, 5.41) is 4.63. The number of rotatable bonds is 8. The van der Waals surface area contributed by atoms with Crippen LogP contribution in [0.15, 0.2) is 47.8 Å². The second kappa shape index (κ2) is 9.27. The first-order valence-corrected chi connectivity index (χ1v) is 9.53. The molecule has 1 heterocycles. The number of fused-ring (bicyclic) bond motifs is 1. The largest absolute Gasteiger partial charge is 0.493 e. The number of hydrogen-bond acceptors (Lipinski definition) is 7. The van der Waals surface area contributed by atoms with E-state index in [9.17, 15) is 4.79 Å². The van der Waals surface area contributed by atoms with Crippen molar-refractivity contribution in [2.24, 2.45) is 0 Å². The Kier molecular flexibility index (Phi) is 6.54. The molecule has 0 spiro atoms. The Bertz CT molecular complexity index is 950. The summed E-state index contributed by atoms with van der Waals surface area (Å²) in [7, 11) is 4.67. The maximum Gasteiger partial charge on any atom is 0.230 e. The predicted molar refractivity (Wildman–Crippen MR) is 108 cm³/mol. The Morgan fingerprint density at radius 3 is 2.43 bits per heavy atom. The van der Waals surface area contributed by atoms with Crippen LogP contribution in [-0.2, 0) is 11.3 Å². The van der Waals surface area contributed by atoms with E-state index in [-0.39, 0.29) is 11.7 Å². The van der Waals surface area contributed by atoms with Gasteiger partial charge in [-0.3, -0.25) is 4.79 Å². The summed E-state index contributed by atoms with van der Waals surface area (Å²) in [6.45, 7) is 0.348. The highest BCUT2D eigenvalue weighted by molar-refractivity contribution is 8.00. The van der Waals surface area contributed by atoms with Gasteiger partial charge in [0.25, 0.3) is 0 Å². The Morgan fingerprint density at radius 1 is 1.04 bits per heavy atom. The summed E-state index contributed by atoms with van der Waals surface area (Å²) in [4.78, 5) is 20.8. The van der Waals surface area contributed by atoms with Crippen LogP contribution >= 0.6 is 11.8 Å². The molecule has 0 unspecified atom stereocenters. The fourth-order valence-corrected chi connectivity index (χ4v) is 3.54. The molecule has 1 aromatic heterocycles. The van der Waals surface area contributed by atoms with E-state index in [1.165, 1.54) is 18.1 Å². The standard InChI is InChI=1S/C20H21N3O4S/c1-25-16-8-13(9-17(26-2)19(16)27-3)10-21-18(24)11-28-20-14-6-4-5-7-15(14)22-12-23-20/h4-9,12H,10-11H2,1-3H3,(H,21,24). The molecule has 0 radical (unpaired) electrons. The van der Waals surface area contributed by atoms with Crippen molar-refractivity contribution in [3.05, 3.63) is 48.3 Å². The number of amides is 1. The lowest BCUT2D eigenvalue weighted by atomic mass is 10.2. The van der Waals surface area contributed by atoms with E-state index in [4.69, 9.17) is 14.2 Å². The van der Waals surface area contributed by atoms with Crippen LogP contribution < -0.4 is 19.5 Å². The Balaban J connectivity index is 1.63. The number of hydrogen-bond donors (Lipinski definition) is 1. The average molecular weight is 399 g/mol. The van der Waals surface area contributed by atoms with E-state index < -0.39 is 0 Å². The molecule has 28 heavy (non-hydrogen) atoms. The molecule has 2 aromatic carbocycles. The molecular formula is C20H21N3O4S. The number of thioether (sulfide) groups is 1. The molecule has 1 N–H and O–H groups in total. The van der Waals surface area contributed by atoms with Gasteiger partial charge in [0.1, 0.15) is 11.4 Å². The molecular weight excluding hydrogens is 378 g/mol. The molecule has 3 rings (SSSR count). The fourth-order valence-electron chi connectivity index (χ4n) is 2.72. The molecule has 7 nitrogen and oxygen atoms in total. The van der Waals surface area contributed by atoms with Crippen LogP contribution in [0.2, 0.25) is 0 Å². The first-order chi connectivity index (χ1) is 13.7. The number of para-hydroxylation sites is 1. The van der Waals surface area contributed by atoms with E-state index >= 15 is 0 Å². The molecule has 0 aliphatic carbocycles. The molecule has 146 valence electrons. The van der Waals surface area contributed by atoms with Gasteiger partial charge in [0.15, 0.2) is 11.5 Å². The van der Waals surface area contributed by atoms with E-state index in [1.807, 2.05) is 36.4 Å². The minimum absolute atomic E-state index is 0.0959. The highest BCUT2D eigenvalue weighted by Gasteiger charge is 2.14. The molecule has 0 saturated carbocycles. The van der Waals surface area contributed by atoms with E-state index in [2.05, 4.69) is 15.3 Å². The zero-order valence-corrected chi connectivity index (χ0v) is 16.7. The van der Waals surface area contributed by atoms with Crippen LogP contribution in [0.4, 0.5) is 0 Å². The van der Waals surface area contributed by atoms with Crippen LogP contribution in [0.25, 0.3) is 10.9 Å². The summed E-state index contributed by atoms with van der Waals surface area (Å²) in [5.74, 6) is 1.78. The lowest BCUT2D eigenvalue weighted by Gasteiger charge is -2.14. The third-order valence-corrected chi connectivity index (χ3v) is 5.07. The van der Waals surface area contributed by atoms with Crippen molar-refractivity contribution in [1.82, 2.24) is 15.3 Å². The van der Waals surface area contributed by atoms with Crippen LogP contribution in [0.3, 0.4) is 0 Å². The van der Waals surface area contributed by atoms with Crippen molar-refractivity contribution in [1.29, 1.82) is 0 Å². The fraction of sp³-hybridized carbons (Fsp3) is 0.250. The van der Waals surface area contributed by atoms with E-state index in [0.29, 0.717) is 23.8 Å². The normalized spacial score (nSPS) is 10.5. The zero-order valence-electron chi connectivity index (χ0n) is 15.9. The zero-order chi connectivity index (χ0) is 19.9. The van der Waals surface area contributed by atoms with Gasteiger partial charge >= 0.3 is 0 Å². The SMILES string of the molecule is COc1cc(CNC(=O)CSc2ncnc3ccccc23)cc(OC)c1OC. The van der Waals surface area contributed by atoms with Crippen molar-refractivity contribution >= 4 is 28.6 Å². The quantitative estimate of drug-likeness (QED) is 0.460. The predicted octanol–water partition coefficient (Wildman–Crippen LogP) is 3.06. The number of nitrogens with one attached hydrogen (secondary N) is 1. The van der Waals surface area contributed by atoms with Gasteiger partial charge in [0.2, 0.25) is 11.7 Å². The second-order valence-corrected chi connectivity index (χ2v) is 6.76. The van der Waals surface area contributed by atoms with Gasteiger partial charge in [-0.25, -0.2) is 9.97 Å². The molecule has 0 bridgehead atoms. The maximum atomic E-state index is 12.3. The molecule has 0 atom stereocenters. The van der Waals surface area contributed by atoms with Crippen LogP contribution in [-0.4, -0.2) is 43.0 Å². The van der Waals surface area contributed by atoms with Crippen molar-refractivity contribution in [3.63, 3.8) is 0 Å². The third kappa shape index (κ3) is 4.45. The topological polar surface area (TPSA) is 82.6 Å². The van der Waals surface area contributed by atoms with Gasteiger partial charge in [0, 0.05) is 11.9 Å². The van der Waals surface area contributed by atoms with Gasteiger partial charge < -0.3 is 19.5 Å². The Labute approximate surface area is 167 Å². The van der Waals surface area contributed by atoms with Crippen molar-refractivity contribution in [2.45, 2.75) is 11.6 Å². The third-order valence-electron chi connectivity index (χ3n) is 4.06. The van der Waals surface area contributed by atoms with E-state index in [0.717, 1.165) is 21.5 Å². The Hall–Kier alpha value is -3.00. The molecule has 0 saturated heterocycles. The molecule has 8 heteroatoms. The molecule has 0 aliphatic rings. The van der Waals surface area contributed by atoms with Crippen LogP contribution in [0, 0.1) is 0 Å². The Morgan fingerprint density at radius 2 is 1.75 bits per heavy atom. The number of aromatic nitrogens is 2. The number of methoxy groups -OCH3 is 3. The highest BCUT2D eigenvalue weighted by atomic mass is 32.2. The molecule has 0 aliphatic heterocycles. The van der Waals surface area contributed by atoms with Crippen molar-refractivity contribution in [2.75, 3.05) is 27.1 Å². The molecule has 3 aromatic rings. The van der Waals surface area contributed by atoms with E-state index in [1.54, 1.807) is 21.3 Å². The van der Waals surface area contributed by atoms with Gasteiger partial charge in [-0.05, 0) is 23.8 Å². The number of nitrogens with zero attached hydrogens (tertiary/aromatic N) is 2. The summed E-state index contributed by atoms with van der Waals surface area (Å²) < 4.78 is 16.0. The maximum absolute atomic E-state index is 12.3. The lowest BCUT2D eigenvalue weighted by molar-refractivity contribution is -0.118. The summed E-state index contributed by atoms with van der Waals surface area (Å²) in [6.07, 6.45) is 1.51. The summed E-state index contributed by atoms with van der Waals surface area (Å²) in [5.41, 5.74) is 1.71. The summed E-state index contributed by atoms with van der Waals surface area (Å²) >= 11 is 1.38. The van der Waals surface area contributed by atoms with Gasteiger partial charge in [-0.2, -0.15) is 0 Å². The molecule has 0 fully saturated rings. The number of benzene rings is 2. The smallest absolute Gasteiger partial charge is 0.230 e. The first kappa shape index (κ1) is 19.8. The number of carbonyl (C=O) groups excluding carboxylic acids is 1. The van der Waals surface area contributed by atoms with Crippen molar-refractivity contribution in [3.8, 4) is 17.2 Å². The number of ether oxygens (including phenoxy) is 3. The summed E-state index contributed by atoms with van der Waals surface area (Å²) in [6, 6.07) is 11.4. The minimum atomic E-state index is -0.0959. The van der Waals surface area contributed by atoms with Gasteiger partial charge in [-0.15, -0.1) is 0 Å². The number of carbonyl (C=O) groups is 1. The van der Waals surface area contributed by atoms with Gasteiger partial charge in [0.05, 0.1) is 32.6 Å². The second-order valence-electron chi connectivity index (χ2n) is 5.79. The van der Waals surface area contributed by atoms with Crippen LogP contribution in [0.1, 0.15) is 5.56 Å². The van der Waals surface area contributed by atoms with Crippen LogP contribution in [0.5, 0.6) is 17.2 Å². The average Bonchev–Trinajstić information content (AvgIpc) is 2.75. The lowest BCUT2D eigenvalue weighted by Crippen LogP contribution is -2.24. The van der Waals surface area contributed by atoms with Gasteiger partial charge in [-0.1, -0.05) is 30.0 Å².